The highest BCUT2D eigenvalue weighted by atomic mass is 16.5. The summed E-state index contributed by atoms with van der Waals surface area (Å²) in [7, 11) is 6.03. The molecule has 0 atom stereocenters. The molecule has 0 radical (unpaired) electrons. The molecule has 0 unspecified atom stereocenters. The number of nitrogens with one attached hydrogen (secondary N) is 1. The Hall–Kier alpha value is -1.06. The first-order valence-corrected chi connectivity index (χ1v) is 7.48. The lowest BCUT2D eigenvalue weighted by Crippen LogP contribution is -2.51. The summed E-state index contributed by atoms with van der Waals surface area (Å²) in [6.45, 7) is 5.58. The van der Waals surface area contributed by atoms with Crippen molar-refractivity contribution >= 4 is 0 Å². The summed E-state index contributed by atoms with van der Waals surface area (Å²) in [5.74, 6) is 1.68. The van der Waals surface area contributed by atoms with E-state index in [4.69, 9.17) is 4.74 Å². The number of para-hydroxylation sites is 1. The number of hydrogen-bond acceptors (Lipinski definition) is 3. The SMILES string of the molecule is COc1ccccc1C1CC(NCC(C)(C)N(C)C)C1. The molecule has 20 heavy (non-hydrogen) atoms. The molecule has 0 heterocycles. The second kappa shape index (κ2) is 6.15. The van der Waals surface area contributed by atoms with Gasteiger partial charge in [0.2, 0.25) is 0 Å². The van der Waals surface area contributed by atoms with Gasteiger partial charge >= 0.3 is 0 Å². The lowest BCUT2D eigenvalue weighted by atomic mass is 9.75. The van der Waals surface area contributed by atoms with E-state index in [1.165, 1.54) is 18.4 Å². The van der Waals surface area contributed by atoms with E-state index in [-0.39, 0.29) is 5.54 Å². The highest BCUT2D eigenvalue weighted by molar-refractivity contribution is 5.37. The maximum atomic E-state index is 5.46. The molecule has 112 valence electrons. The summed E-state index contributed by atoms with van der Waals surface area (Å²) in [6.07, 6.45) is 2.42. The minimum absolute atomic E-state index is 0.204. The number of nitrogens with zero attached hydrogens (tertiary/aromatic N) is 1. The Morgan fingerprint density at radius 3 is 2.50 bits per heavy atom. The summed E-state index contributed by atoms with van der Waals surface area (Å²) in [6, 6.07) is 9.04. The third-order valence-corrected chi connectivity index (χ3v) is 4.75. The molecule has 0 aliphatic heterocycles. The van der Waals surface area contributed by atoms with Crippen molar-refractivity contribution in [3.05, 3.63) is 29.8 Å². The molecule has 0 spiro atoms. The van der Waals surface area contributed by atoms with Crippen LogP contribution in [0.1, 0.15) is 38.2 Å². The zero-order chi connectivity index (χ0) is 14.8. The molecule has 1 saturated carbocycles. The van der Waals surface area contributed by atoms with Crippen molar-refractivity contribution < 1.29 is 4.74 Å². The van der Waals surface area contributed by atoms with E-state index in [0.717, 1.165) is 12.3 Å². The van der Waals surface area contributed by atoms with Gasteiger partial charge in [0.15, 0.2) is 0 Å². The summed E-state index contributed by atoms with van der Waals surface area (Å²) in [5, 5.41) is 3.70. The topological polar surface area (TPSA) is 24.5 Å². The van der Waals surface area contributed by atoms with Crippen LogP contribution in [0, 0.1) is 0 Å². The molecule has 2 rings (SSSR count). The number of benzene rings is 1. The predicted molar refractivity (Wildman–Crippen MR) is 84.5 cm³/mol. The minimum atomic E-state index is 0.204. The lowest BCUT2D eigenvalue weighted by molar-refractivity contribution is 0.167. The van der Waals surface area contributed by atoms with E-state index in [2.05, 4.69) is 56.4 Å². The van der Waals surface area contributed by atoms with Gasteiger partial charge in [-0.2, -0.15) is 0 Å². The van der Waals surface area contributed by atoms with Crippen LogP contribution >= 0.6 is 0 Å². The largest absolute Gasteiger partial charge is 0.496 e. The summed E-state index contributed by atoms with van der Waals surface area (Å²) in [5.41, 5.74) is 1.56. The fourth-order valence-corrected chi connectivity index (χ4v) is 2.59. The highest BCUT2D eigenvalue weighted by Gasteiger charge is 2.33. The molecule has 0 amide bonds. The third kappa shape index (κ3) is 3.33. The number of methoxy groups -OCH3 is 1. The highest BCUT2D eigenvalue weighted by Crippen LogP contribution is 2.41. The van der Waals surface area contributed by atoms with Crippen molar-refractivity contribution in [2.45, 2.75) is 44.2 Å². The quantitative estimate of drug-likeness (QED) is 0.864. The number of rotatable bonds is 6. The van der Waals surface area contributed by atoms with E-state index < -0.39 is 0 Å². The monoisotopic (exact) mass is 276 g/mol. The molecule has 0 aromatic heterocycles. The molecule has 1 aromatic rings. The van der Waals surface area contributed by atoms with Crippen molar-refractivity contribution in [2.75, 3.05) is 27.7 Å². The maximum Gasteiger partial charge on any atom is 0.122 e. The van der Waals surface area contributed by atoms with E-state index in [0.29, 0.717) is 12.0 Å². The Balaban J connectivity index is 1.83. The fraction of sp³-hybridized carbons (Fsp3) is 0.647. The van der Waals surface area contributed by atoms with E-state index in [1.807, 2.05) is 6.07 Å². The standard InChI is InChI=1S/C17H28N2O/c1-17(2,19(3)4)12-18-14-10-13(11-14)15-8-6-7-9-16(15)20-5/h6-9,13-14,18H,10-12H2,1-5H3. The van der Waals surface area contributed by atoms with Gasteiger partial charge in [-0.25, -0.2) is 0 Å². The molecule has 1 aliphatic rings. The van der Waals surface area contributed by atoms with Gasteiger partial charge in [-0.05, 0) is 58.3 Å². The van der Waals surface area contributed by atoms with Crippen LogP contribution in [-0.4, -0.2) is 44.2 Å². The Morgan fingerprint density at radius 1 is 1.25 bits per heavy atom. The average Bonchev–Trinajstić information content (AvgIpc) is 2.37. The minimum Gasteiger partial charge on any atom is -0.496 e. The average molecular weight is 276 g/mol. The van der Waals surface area contributed by atoms with Crippen molar-refractivity contribution in [3.8, 4) is 5.75 Å². The molecular formula is C17H28N2O. The van der Waals surface area contributed by atoms with Crippen molar-refractivity contribution in [1.82, 2.24) is 10.2 Å². The van der Waals surface area contributed by atoms with Crippen LogP contribution in [0.25, 0.3) is 0 Å². The van der Waals surface area contributed by atoms with Crippen LogP contribution in [0.3, 0.4) is 0 Å². The first kappa shape index (κ1) is 15.3. The van der Waals surface area contributed by atoms with Gasteiger partial charge in [-0.15, -0.1) is 0 Å². The van der Waals surface area contributed by atoms with Crippen molar-refractivity contribution in [1.29, 1.82) is 0 Å². The van der Waals surface area contributed by atoms with E-state index in [1.54, 1.807) is 7.11 Å². The third-order valence-electron chi connectivity index (χ3n) is 4.75. The smallest absolute Gasteiger partial charge is 0.122 e. The first-order valence-electron chi connectivity index (χ1n) is 7.48. The summed E-state index contributed by atoms with van der Waals surface area (Å²) < 4.78 is 5.46. The second-order valence-electron chi connectivity index (χ2n) is 6.69. The lowest BCUT2D eigenvalue weighted by Gasteiger charge is -2.40. The zero-order valence-electron chi connectivity index (χ0n) is 13.4. The molecule has 3 nitrogen and oxygen atoms in total. The number of likely N-dealkylation sites (N-methyl/N-ethyl adjacent to an activating group) is 1. The Kier molecular flexibility index (Phi) is 4.71. The Morgan fingerprint density at radius 2 is 1.90 bits per heavy atom. The van der Waals surface area contributed by atoms with Crippen LogP contribution in [0.15, 0.2) is 24.3 Å². The van der Waals surface area contributed by atoms with Crippen LogP contribution in [0.2, 0.25) is 0 Å². The van der Waals surface area contributed by atoms with Crippen molar-refractivity contribution in [2.24, 2.45) is 0 Å². The van der Waals surface area contributed by atoms with Gasteiger partial charge in [0, 0.05) is 18.1 Å². The van der Waals surface area contributed by atoms with Crippen molar-refractivity contribution in [3.63, 3.8) is 0 Å². The number of hydrogen-bond donors (Lipinski definition) is 1. The van der Waals surface area contributed by atoms with Crippen LogP contribution in [-0.2, 0) is 0 Å². The normalized spacial score (nSPS) is 22.7. The van der Waals surface area contributed by atoms with Crippen LogP contribution in [0.4, 0.5) is 0 Å². The molecule has 1 N–H and O–H groups in total. The summed E-state index contributed by atoms with van der Waals surface area (Å²) >= 11 is 0. The molecular weight excluding hydrogens is 248 g/mol. The fourth-order valence-electron chi connectivity index (χ4n) is 2.59. The molecule has 3 heteroatoms. The predicted octanol–water partition coefficient (Wildman–Crippen LogP) is 2.87. The van der Waals surface area contributed by atoms with Gasteiger partial charge in [0.25, 0.3) is 0 Å². The number of ether oxygens (including phenoxy) is 1. The van der Waals surface area contributed by atoms with Gasteiger partial charge in [-0.3, -0.25) is 0 Å². The van der Waals surface area contributed by atoms with Gasteiger partial charge in [0.1, 0.15) is 5.75 Å². The molecule has 1 aliphatic carbocycles. The van der Waals surface area contributed by atoms with E-state index in [9.17, 15) is 0 Å². The maximum absolute atomic E-state index is 5.46. The van der Waals surface area contributed by atoms with Gasteiger partial charge in [0.05, 0.1) is 7.11 Å². The Labute approximate surface area is 123 Å². The first-order chi connectivity index (χ1) is 9.44. The van der Waals surface area contributed by atoms with Gasteiger partial charge < -0.3 is 15.0 Å². The van der Waals surface area contributed by atoms with Gasteiger partial charge in [-0.1, -0.05) is 18.2 Å². The summed E-state index contributed by atoms with van der Waals surface area (Å²) in [4.78, 5) is 2.27. The second-order valence-corrected chi connectivity index (χ2v) is 6.69. The molecule has 0 saturated heterocycles. The Bertz CT molecular complexity index is 436. The van der Waals surface area contributed by atoms with Crippen LogP contribution in [0.5, 0.6) is 5.75 Å². The molecule has 1 fully saturated rings. The van der Waals surface area contributed by atoms with E-state index >= 15 is 0 Å². The molecule has 0 bridgehead atoms. The van der Waals surface area contributed by atoms with Crippen LogP contribution < -0.4 is 10.1 Å². The zero-order valence-corrected chi connectivity index (χ0v) is 13.4. The molecule has 1 aromatic carbocycles.